The standard InChI is InChI=1S/C18H32O4/c1-5-9-10-14(6-2)12-18(8-4)13-15(7-3)16(21-22-18)11-17(19)20/h9-10,14-16H,5-8,11-13H2,1-4H3,(H,19,20). The molecule has 0 bridgehead atoms. The van der Waals surface area contributed by atoms with E-state index in [-0.39, 0.29) is 24.0 Å². The second-order valence-electron chi connectivity index (χ2n) is 6.43. The predicted molar refractivity (Wildman–Crippen MR) is 87.5 cm³/mol. The fraction of sp³-hybridized carbons (Fsp3) is 0.833. The van der Waals surface area contributed by atoms with Crippen molar-refractivity contribution in [2.24, 2.45) is 11.8 Å². The van der Waals surface area contributed by atoms with Gasteiger partial charge < -0.3 is 5.11 Å². The van der Waals surface area contributed by atoms with E-state index in [0.29, 0.717) is 5.92 Å². The third kappa shape index (κ3) is 5.40. The summed E-state index contributed by atoms with van der Waals surface area (Å²) in [5, 5.41) is 9.00. The zero-order valence-corrected chi connectivity index (χ0v) is 14.5. The van der Waals surface area contributed by atoms with Gasteiger partial charge in [0.15, 0.2) is 0 Å². The molecule has 0 aliphatic carbocycles. The number of hydrogen-bond donors (Lipinski definition) is 1. The zero-order chi connectivity index (χ0) is 16.6. The largest absolute Gasteiger partial charge is 0.481 e. The van der Waals surface area contributed by atoms with Gasteiger partial charge >= 0.3 is 5.97 Å². The molecule has 0 amide bonds. The minimum absolute atomic E-state index is 0.0191. The summed E-state index contributed by atoms with van der Waals surface area (Å²) in [5.41, 5.74) is -0.283. The Morgan fingerprint density at radius 3 is 2.59 bits per heavy atom. The lowest BCUT2D eigenvalue weighted by Crippen LogP contribution is -2.46. The second kappa shape index (κ2) is 9.31. The van der Waals surface area contributed by atoms with Gasteiger partial charge in [-0.2, -0.15) is 0 Å². The predicted octanol–water partition coefficient (Wildman–Crippen LogP) is 4.74. The third-order valence-electron chi connectivity index (χ3n) is 4.86. The molecule has 4 nitrogen and oxygen atoms in total. The molecule has 1 rings (SSSR count). The summed E-state index contributed by atoms with van der Waals surface area (Å²) in [5.74, 6) is -0.0946. The molecule has 1 aliphatic heterocycles. The van der Waals surface area contributed by atoms with Gasteiger partial charge in [-0.15, -0.1) is 0 Å². The number of rotatable bonds is 9. The van der Waals surface area contributed by atoms with Crippen molar-refractivity contribution >= 4 is 5.97 Å². The highest BCUT2D eigenvalue weighted by molar-refractivity contribution is 5.67. The van der Waals surface area contributed by atoms with Crippen LogP contribution >= 0.6 is 0 Å². The molecular formula is C18H32O4. The van der Waals surface area contributed by atoms with Gasteiger partial charge in [-0.05, 0) is 43.9 Å². The van der Waals surface area contributed by atoms with E-state index in [9.17, 15) is 4.79 Å². The smallest absolute Gasteiger partial charge is 0.306 e. The molecule has 1 saturated heterocycles. The average molecular weight is 312 g/mol. The van der Waals surface area contributed by atoms with Crippen LogP contribution in [0.1, 0.15) is 72.6 Å². The molecule has 0 radical (unpaired) electrons. The zero-order valence-electron chi connectivity index (χ0n) is 14.5. The molecule has 0 aromatic carbocycles. The molecular weight excluding hydrogens is 280 g/mol. The number of allylic oxidation sites excluding steroid dienone is 2. The first-order chi connectivity index (χ1) is 10.5. The molecule has 1 heterocycles. The summed E-state index contributed by atoms with van der Waals surface area (Å²) < 4.78 is 0. The third-order valence-corrected chi connectivity index (χ3v) is 4.86. The minimum atomic E-state index is -0.826. The van der Waals surface area contributed by atoms with Crippen molar-refractivity contribution in [3.8, 4) is 0 Å². The molecule has 1 N–H and O–H groups in total. The molecule has 128 valence electrons. The topological polar surface area (TPSA) is 55.8 Å². The number of aliphatic carboxylic acids is 1. The maximum Gasteiger partial charge on any atom is 0.306 e. The highest BCUT2D eigenvalue weighted by Crippen LogP contribution is 2.41. The van der Waals surface area contributed by atoms with Crippen molar-refractivity contribution in [2.45, 2.75) is 84.3 Å². The summed E-state index contributed by atoms with van der Waals surface area (Å²) in [6, 6.07) is 0. The van der Waals surface area contributed by atoms with Gasteiger partial charge in [-0.25, -0.2) is 9.78 Å². The van der Waals surface area contributed by atoms with Gasteiger partial charge in [0.25, 0.3) is 0 Å². The number of hydrogen-bond acceptors (Lipinski definition) is 3. The highest BCUT2D eigenvalue weighted by Gasteiger charge is 2.43. The molecule has 4 atom stereocenters. The summed E-state index contributed by atoms with van der Waals surface area (Å²) in [6.45, 7) is 8.57. The molecule has 1 aliphatic rings. The SMILES string of the molecule is CCC=CC(CC)CC1(CC)CC(CC)C(CC(=O)O)OO1. The Kier molecular flexibility index (Phi) is 8.12. The molecule has 1 fully saturated rings. The summed E-state index contributed by atoms with van der Waals surface area (Å²) >= 11 is 0. The van der Waals surface area contributed by atoms with Crippen LogP contribution in [0.3, 0.4) is 0 Å². The molecule has 22 heavy (non-hydrogen) atoms. The first kappa shape index (κ1) is 19.2. The van der Waals surface area contributed by atoms with E-state index in [2.05, 4.69) is 39.8 Å². The van der Waals surface area contributed by atoms with Crippen LogP contribution in [0.5, 0.6) is 0 Å². The van der Waals surface area contributed by atoms with Crippen molar-refractivity contribution in [3.63, 3.8) is 0 Å². The second-order valence-corrected chi connectivity index (χ2v) is 6.43. The Morgan fingerprint density at radius 2 is 2.09 bits per heavy atom. The maximum absolute atomic E-state index is 11.0. The molecule has 0 spiro atoms. The van der Waals surface area contributed by atoms with E-state index in [0.717, 1.165) is 38.5 Å². The molecule has 0 aromatic heterocycles. The van der Waals surface area contributed by atoms with E-state index in [1.165, 1.54) is 0 Å². The van der Waals surface area contributed by atoms with Crippen molar-refractivity contribution < 1.29 is 19.7 Å². The van der Waals surface area contributed by atoms with Crippen LogP contribution in [0, 0.1) is 11.8 Å². The van der Waals surface area contributed by atoms with Crippen molar-refractivity contribution in [3.05, 3.63) is 12.2 Å². The fourth-order valence-electron chi connectivity index (χ4n) is 3.29. The van der Waals surface area contributed by atoms with E-state index in [1.54, 1.807) is 0 Å². The summed E-state index contributed by atoms with van der Waals surface area (Å²) in [6.07, 6.45) is 9.95. The van der Waals surface area contributed by atoms with Gasteiger partial charge in [0, 0.05) is 0 Å². The van der Waals surface area contributed by atoms with Gasteiger partial charge in [0.2, 0.25) is 0 Å². The minimum Gasteiger partial charge on any atom is -0.481 e. The van der Waals surface area contributed by atoms with Crippen molar-refractivity contribution in [2.75, 3.05) is 0 Å². The molecule has 4 unspecified atom stereocenters. The quantitative estimate of drug-likeness (QED) is 0.493. The Hall–Kier alpha value is -0.870. The van der Waals surface area contributed by atoms with Gasteiger partial charge in [0.1, 0.15) is 11.7 Å². The lowest BCUT2D eigenvalue weighted by atomic mass is 9.77. The van der Waals surface area contributed by atoms with E-state index < -0.39 is 5.97 Å². The fourth-order valence-corrected chi connectivity index (χ4v) is 3.29. The van der Waals surface area contributed by atoms with E-state index >= 15 is 0 Å². The van der Waals surface area contributed by atoms with E-state index in [4.69, 9.17) is 14.9 Å². The number of carboxylic acids is 1. The van der Waals surface area contributed by atoms with Crippen LogP contribution in [0.15, 0.2) is 12.2 Å². The first-order valence-corrected chi connectivity index (χ1v) is 8.73. The maximum atomic E-state index is 11.0. The lowest BCUT2D eigenvalue weighted by molar-refractivity contribution is -0.424. The number of carboxylic acid groups (broad SMARTS) is 1. The van der Waals surface area contributed by atoms with Crippen molar-refractivity contribution in [1.29, 1.82) is 0 Å². The van der Waals surface area contributed by atoms with Gasteiger partial charge in [-0.3, -0.25) is 4.79 Å². The normalized spacial score (nSPS) is 30.5. The summed E-state index contributed by atoms with van der Waals surface area (Å²) in [4.78, 5) is 22.3. The Bertz CT molecular complexity index is 366. The van der Waals surface area contributed by atoms with Crippen LogP contribution < -0.4 is 0 Å². The van der Waals surface area contributed by atoms with Crippen LogP contribution in [0.4, 0.5) is 0 Å². The van der Waals surface area contributed by atoms with Crippen LogP contribution in [0.2, 0.25) is 0 Å². The average Bonchev–Trinajstić information content (AvgIpc) is 2.52. The Morgan fingerprint density at radius 1 is 1.36 bits per heavy atom. The highest BCUT2D eigenvalue weighted by atomic mass is 17.2. The molecule has 4 heteroatoms. The van der Waals surface area contributed by atoms with Crippen LogP contribution in [0.25, 0.3) is 0 Å². The molecule has 0 saturated carbocycles. The first-order valence-electron chi connectivity index (χ1n) is 8.73. The van der Waals surface area contributed by atoms with Crippen LogP contribution in [-0.2, 0) is 14.6 Å². The Balaban J connectivity index is 2.77. The van der Waals surface area contributed by atoms with Gasteiger partial charge in [-0.1, -0.05) is 46.3 Å². The lowest BCUT2D eigenvalue weighted by Gasteiger charge is -2.43. The molecule has 0 aromatic rings. The monoisotopic (exact) mass is 312 g/mol. The van der Waals surface area contributed by atoms with E-state index in [1.807, 2.05) is 0 Å². The summed E-state index contributed by atoms with van der Waals surface area (Å²) in [7, 11) is 0. The number of carbonyl (C=O) groups is 1. The van der Waals surface area contributed by atoms with Gasteiger partial charge in [0.05, 0.1) is 6.42 Å². The Labute approximate surface area is 134 Å². The van der Waals surface area contributed by atoms with Crippen LogP contribution in [-0.4, -0.2) is 22.8 Å². The van der Waals surface area contributed by atoms with Crippen molar-refractivity contribution in [1.82, 2.24) is 0 Å².